The Labute approximate surface area is 117 Å². The topological polar surface area (TPSA) is 37.8 Å². The zero-order valence-corrected chi connectivity index (χ0v) is 11.9. The number of rotatable bonds is 4. The minimum Gasteiger partial charge on any atom is -0.369 e. The van der Waals surface area contributed by atoms with Crippen LogP contribution in [0.1, 0.15) is 43.8 Å². The van der Waals surface area contributed by atoms with Crippen LogP contribution in [-0.2, 0) is 0 Å². The third-order valence-corrected chi connectivity index (χ3v) is 5.03. The molecule has 3 nitrogen and oxygen atoms in total. The first-order valence-corrected chi connectivity index (χ1v) is 8.14. The summed E-state index contributed by atoms with van der Waals surface area (Å²) in [6.07, 6.45) is 6.45. The van der Waals surface area contributed by atoms with Gasteiger partial charge in [0, 0.05) is 23.8 Å². The number of aromatic nitrogens is 2. The molecule has 1 aromatic heterocycles. The number of hydrogen-bond donors (Lipinski definition) is 1. The molecule has 1 aromatic rings. The maximum atomic E-state index is 6.05. The van der Waals surface area contributed by atoms with Crippen molar-refractivity contribution in [2.45, 2.75) is 43.3 Å². The van der Waals surface area contributed by atoms with Crippen LogP contribution in [0.25, 0.3) is 0 Å². The van der Waals surface area contributed by atoms with Crippen LogP contribution in [0.5, 0.6) is 0 Å². The standard InChI is InChI=1S/C13H18ClN3S/c14-11-7-12(17-13(16-11)9-4-5-9)15-8-10-3-1-2-6-18-10/h7,9-10H,1-6,8H2,(H,15,16,17). The van der Waals surface area contributed by atoms with Crippen molar-refractivity contribution < 1.29 is 0 Å². The Morgan fingerprint density at radius 3 is 2.89 bits per heavy atom. The van der Waals surface area contributed by atoms with Gasteiger partial charge in [-0.25, -0.2) is 9.97 Å². The Hall–Kier alpha value is -0.480. The Balaban J connectivity index is 1.60. The van der Waals surface area contributed by atoms with Gasteiger partial charge in [0.2, 0.25) is 0 Å². The van der Waals surface area contributed by atoms with Crippen molar-refractivity contribution in [2.24, 2.45) is 0 Å². The Morgan fingerprint density at radius 1 is 1.28 bits per heavy atom. The second kappa shape index (κ2) is 5.66. The largest absolute Gasteiger partial charge is 0.369 e. The SMILES string of the molecule is Clc1cc(NCC2CCCCS2)nc(C2CC2)n1. The lowest BCUT2D eigenvalue weighted by atomic mass is 10.2. The fourth-order valence-corrected chi connectivity index (χ4v) is 3.67. The highest BCUT2D eigenvalue weighted by molar-refractivity contribution is 7.99. The van der Waals surface area contributed by atoms with Crippen LogP contribution >= 0.6 is 23.4 Å². The molecule has 5 heteroatoms. The molecule has 98 valence electrons. The van der Waals surface area contributed by atoms with E-state index < -0.39 is 0 Å². The van der Waals surface area contributed by atoms with Crippen LogP contribution in [-0.4, -0.2) is 27.5 Å². The van der Waals surface area contributed by atoms with Crippen molar-refractivity contribution in [2.75, 3.05) is 17.6 Å². The summed E-state index contributed by atoms with van der Waals surface area (Å²) >= 11 is 8.12. The number of nitrogens with zero attached hydrogens (tertiary/aromatic N) is 2. The number of thioether (sulfide) groups is 1. The number of nitrogens with one attached hydrogen (secondary N) is 1. The molecule has 1 N–H and O–H groups in total. The first kappa shape index (κ1) is 12.5. The second-order valence-electron chi connectivity index (χ2n) is 5.08. The summed E-state index contributed by atoms with van der Waals surface area (Å²) in [7, 11) is 0. The quantitative estimate of drug-likeness (QED) is 0.855. The molecular formula is C13H18ClN3S. The van der Waals surface area contributed by atoms with E-state index in [1.54, 1.807) is 0 Å². The Morgan fingerprint density at radius 2 is 2.17 bits per heavy atom. The van der Waals surface area contributed by atoms with Crippen LogP contribution in [0, 0.1) is 0 Å². The predicted molar refractivity (Wildman–Crippen MR) is 77.6 cm³/mol. The average molecular weight is 284 g/mol. The van der Waals surface area contributed by atoms with Gasteiger partial charge >= 0.3 is 0 Å². The predicted octanol–water partition coefficient (Wildman–Crippen LogP) is 3.71. The lowest BCUT2D eigenvalue weighted by Gasteiger charge is -2.21. The Bertz CT molecular complexity index is 417. The van der Waals surface area contributed by atoms with E-state index in [1.807, 2.05) is 6.07 Å². The first-order valence-electron chi connectivity index (χ1n) is 6.71. The van der Waals surface area contributed by atoms with Crippen molar-refractivity contribution in [1.29, 1.82) is 0 Å². The molecule has 1 unspecified atom stereocenters. The highest BCUT2D eigenvalue weighted by atomic mass is 35.5. The van der Waals surface area contributed by atoms with Gasteiger partial charge in [0.25, 0.3) is 0 Å². The minimum absolute atomic E-state index is 0.549. The van der Waals surface area contributed by atoms with E-state index in [1.165, 1.54) is 37.9 Å². The van der Waals surface area contributed by atoms with E-state index in [-0.39, 0.29) is 0 Å². The molecule has 18 heavy (non-hydrogen) atoms. The van der Waals surface area contributed by atoms with Gasteiger partial charge in [0.15, 0.2) is 0 Å². The zero-order valence-electron chi connectivity index (χ0n) is 10.4. The molecule has 1 atom stereocenters. The molecule has 1 saturated heterocycles. The highest BCUT2D eigenvalue weighted by Crippen LogP contribution is 2.38. The lowest BCUT2D eigenvalue weighted by molar-refractivity contribution is 0.676. The van der Waals surface area contributed by atoms with E-state index in [2.05, 4.69) is 27.0 Å². The van der Waals surface area contributed by atoms with E-state index in [0.717, 1.165) is 23.4 Å². The highest BCUT2D eigenvalue weighted by Gasteiger charge is 2.27. The van der Waals surface area contributed by atoms with Gasteiger partial charge in [-0.05, 0) is 31.4 Å². The van der Waals surface area contributed by atoms with Crippen molar-refractivity contribution in [3.63, 3.8) is 0 Å². The summed E-state index contributed by atoms with van der Waals surface area (Å²) in [5.74, 6) is 3.65. The van der Waals surface area contributed by atoms with Crippen molar-refractivity contribution in [3.8, 4) is 0 Å². The summed E-state index contributed by atoms with van der Waals surface area (Å²) in [4.78, 5) is 8.86. The smallest absolute Gasteiger partial charge is 0.135 e. The summed E-state index contributed by atoms with van der Waals surface area (Å²) < 4.78 is 0. The molecular weight excluding hydrogens is 266 g/mol. The summed E-state index contributed by atoms with van der Waals surface area (Å²) in [5, 5.41) is 4.70. The number of anilines is 1. The molecule has 0 aromatic carbocycles. The molecule has 3 rings (SSSR count). The zero-order chi connectivity index (χ0) is 12.4. The minimum atomic E-state index is 0.549. The van der Waals surface area contributed by atoms with Gasteiger partial charge < -0.3 is 5.32 Å². The van der Waals surface area contributed by atoms with Crippen LogP contribution < -0.4 is 5.32 Å². The average Bonchev–Trinajstić information content (AvgIpc) is 3.21. The number of hydrogen-bond acceptors (Lipinski definition) is 4. The van der Waals surface area contributed by atoms with E-state index in [4.69, 9.17) is 11.6 Å². The van der Waals surface area contributed by atoms with E-state index >= 15 is 0 Å². The van der Waals surface area contributed by atoms with E-state index in [9.17, 15) is 0 Å². The summed E-state index contributed by atoms with van der Waals surface area (Å²) in [6, 6.07) is 1.83. The first-order chi connectivity index (χ1) is 8.81. The van der Waals surface area contributed by atoms with Gasteiger partial charge in [-0.2, -0.15) is 11.8 Å². The van der Waals surface area contributed by atoms with E-state index in [0.29, 0.717) is 11.1 Å². The van der Waals surface area contributed by atoms with Gasteiger partial charge in [0.1, 0.15) is 16.8 Å². The third kappa shape index (κ3) is 3.29. The van der Waals surface area contributed by atoms with Crippen LogP contribution in [0.2, 0.25) is 5.15 Å². The maximum absolute atomic E-state index is 6.05. The lowest BCUT2D eigenvalue weighted by Crippen LogP contribution is -2.20. The molecule has 0 bridgehead atoms. The van der Waals surface area contributed by atoms with Gasteiger partial charge in [-0.15, -0.1) is 0 Å². The third-order valence-electron chi connectivity index (χ3n) is 3.44. The van der Waals surface area contributed by atoms with Crippen molar-refractivity contribution in [3.05, 3.63) is 17.0 Å². The molecule has 1 saturated carbocycles. The normalized spacial score (nSPS) is 23.9. The van der Waals surface area contributed by atoms with Crippen molar-refractivity contribution in [1.82, 2.24) is 9.97 Å². The molecule has 0 amide bonds. The van der Waals surface area contributed by atoms with Crippen LogP contribution in [0.4, 0.5) is 5.82 Å². The molecule has 2 heterocycles. The van der Waals surface area contributed by atoms with Crippen molar-refractivity contribution >= 4 is 29.2 Å². The fraction of sp³-hybridized carbons (Fsp3) is 0.692. The number of halogens is 1. The maximum Gasteiger partial charge on any atom is 0.135 e. The second-order valence-corrected chi connectivity index (χ2v) is 6.87. The Kier molecular flexibility index (Phi) is 3.94. The molecule has 0 spiro atoms. The van der Waals surface area contributed by atoms with Crippen LogP contribution in [0.3, 0.4) is 0 Å². The monoisotopic (exact) mass is 283 g/mol. The molecule has 2 aliphatic rings. The summed E-state index contributed by atoms with van der Waals surface area (Å²) in [5.41, 5.74) is 0. The van der Waals surface area contributed by atoms with Gasteiger partial charge in [0.05, 0.1) is 0 Å². The van der Waals surface area contributed by atoms with Crippen LogP contribution in [0.15, 0.2) is 6.07 Å². The molecule has 1 aliphatic heterocycles. The van der Waals surface area contributed by atoms with Gasteiger partial charge in [-0.1, -0.05) is 18.0 Å². The molecule has 1 aliphatic carbocycles. The molecule has 2 fully saturated rings. The fourth-order valence-electron chi connectivity index (χ4n) is 2.24. The molecule has 0 radical (unpaired) electrons. The van der Waals surface area contributed by atoms with Gasteiger partial charge in [-0.3, -0.25) is 0 Å². The summed E-state index contributed by atoms with van der Waals surface area (Å²) in [6.45, 7) is 0.988.